The van der Waals surface area contributed by atoms with Crippen molar-refractivity contribution in [3.8, 4) is 12.1 Å². The normalized spacial score (nSPS) is 17.3. The lowest BCUT2D eigenvalue weighted by Gasteiger charge is -2.35. The third kappa shape index (κ3) is 4.71. The standard InChI is InChI=1S/C25H29N5OS/c1-19(2)25(18-27,23-9-8-20(16-26)32-23)10-5-11-29-12-14-30(15-13-29)17-24-28-21-6-3-4-7-22(21)31-24/h3-4,6-9,19H,5,10-15,17H2,1-2H3. The van der Waals surface area contributed by atoms with E-state index in [9.17, 15) is 10.5 Å². The summed E-state index contributed by atoms with van der Waals surface area (Å²) in [6.45, 7) is 9.96. The zero-order chi connectivity index (χ0) is 22.6. The van der Waals surface area contributed by atoms with E-state index in [0.717, 1.165) is 74.0 Å². The van der Waals surface area contributed by atoms with Crippen molar-refractivity contribution in [1.29, 1.82) is 10.5 Å². The Morgan fingerprint density at radius 2 is 1.84 bits per heavy atom. The lowest BCUT2D eigenvalue weighted by atomic mass is 9.73. The summed E-state index contributed by atoms with van der Waals surface area (Å²) in [7, 11) is 0. The number of oxazole rings is 1. The van der Waals surface area contributed by atoms with Gasteiger partial charge >= 0.3 is 0 Å². The molecule has 3 heterocycles. The van der Waals surface area contributed by atoms with E-state index in [-0.39, 0.29) is 5.92 Å². The van der Waals surface area contributed by atoms with E-state index in [1.165, 1.54) is 11.3 Å². The van der Waals surface area contributed by atoms with Crippen LogP contribution >= 0.6 is 11.3 Å². The number of para-hydroxylation sites is 2. The number of aromatic nitrogens is 1. The lowest BCUT2D eigenvalue weighted by Crippen LogP contribution is -2.46. The molecular weight excluding hydrogens is 418 g/mol. The summed E-state index contributed by atoms with van der Waals surface area (Å²) in [5.41, 5.74) is 1.24. The summed E-state index contributed by atoms with van der Waals surface area (Å²) in [5.74, 6) is 0.980. The Balaban J connectivity index is 1.28. The van der Waals surface area contributed by atoms with Crippen LogP contribution in [0.5, 0.6) is 0 Å². The lowest BCUT2D eigenvalue weighted by molar-refractivity contribution is 0.116. The molecule has 1 atom stereocenters. The van der Waals surface area contributed by atoms with Crippen molar-refractivity contribution in [2.75, 3.05) is 32.7 Å². The first kappa shape index (κ1) is 22.5. The molecule has 2 aromatic heterocycles. The second-order valence-corrected chi connectivity index (χ2v) is 9.89. The highest BCUT2D eigenvalue weighted by Crippen LogP contribution is 2.40. The fourth-order valence-electron chi connectivity index (χ4n) is 4.51. The molecule has 0 amide bonds. The zero-order valence-corrected chi connectivity index (χ0v) is 19.6. The molecule has 1 aliphatic heterocycles. The number of thiophene rings is 1. The molecule has 166 valence electrons. The van der Waals surface area contributed by atoms with E-state index < -0.39 is 5.41 Å². The average Bonchev–Trinajstić information content (AvgIpc) is 3.44. The molecule has 0 bridgehead atoms. The van der Waals surface area contributed by atoms with E-state index in [1.54, 1.807) is 0 Å². The molecule has 0 saturated carbocycles. The van der Waals surface area contributed by atoms with Crippen LogP contribution in [0.3, 0.4) is 0 Å². The van der Waals surface area contributed by atoms with Crippen molar-refractivity contribution >= 4 is 22.4 Å². The van der Waals surface area contributed by atoms with Crippen molar-refractivity contribution in [3.63, 3.8) is 0 Å². The molecule has 0 N–H and O–H groups in total. The number of hydrogen-bond acceptors (Lipinski definition) is 7. The first-order valence-electron chi connectivity index (χ1n) is 11.2. The van der Waals surface area contributed by atoms with Gasteiger partial charge in [-0.15, -0.1) is 11.3 Å². The Bertz CT molecular complexity index is 1100. The van der Waals surface area contributed by atoms with Gasteiger partial charge in [0.05, 0.1) is 18.0 Å². The summed E-state index contributed by atoms with van der Waals surface area (Å²) in [4.78, 5) is 11.2. The quantitative estimate of drug-likeness (QED) is 0.494. The Hall–Kier alpha value is -2.71. The van der Waals surface area contributed by atoms with Crippen molar-refractivity contribution in [1.82, 2.24) is 14.8 Å². The van der Waals surface area contributed by atoms with Crippen LogP contribution in [0.25, 0.3) is 11.1 Å². The van der Waals surface area contributed by atoms with Crippen LogP contribution in [0, 0.1) is 28.6 Å². The summed E-state index contributed by atoms with van der Waals surface area (Å²) in [6.07, 6.45) is 1.78. The highest BCUT2D eigenvalue weighted by molar-refractivity contribution is 7.12. The Labute approximate surface area is 193 Å². The van der Waals surface area contributed by atoms with Crippen molar-refractivity contribution in [2.24, 2.45) is 5.92 Å². The van der Waals surface area contributed by atoms with Crippen molar-refractivity contribution in [3.05, 3.63) is 52.0 Å². The molecule has 1 aromatic carbocycles. The summed E-state index contributed by atoms with van der Waals surface area (Å²) >= 11 is 1.46. The van der Waals surface area contributed by atoms with Crippen molar-refractivity contribution < 1.29 is 4.42 Å². The predicted octanol–water partition coefficient (Wildman–Crippen LogP) is 4.78. The molecule has 3 aromatic rings. The molecule has 1 unspecified atom stereocenters. The van der Waals surface area contributed by atoms with Crippen LogP contribution in [0.4, 0.5) is 0 Å². The number of rotatable bonds is 8. The molecular formula is C25H29N5OS. The fourth-order valence-corrected chi connectivity index (χ4v) is 5.63. The molecule has 1 saturated heterocycles. The van der Waals surface area contributed by atoms with E-state index in [2.05, 4.69) is 40.8 Å². The van der Waals surface area contributed by atoms with E-state index in [4.69, 9.17) is 4.42 Å². The van der Waals surface area contributed by atoms with Gasteiger partial charge in [-0.05, 0) is 49.6 Å². The Morgan fingerprint density at radius 1 is 1.09 bits per heavy atom. The molecule has 0 aliphatic carbocycles. The molecule has 7 heteroatoms. The fraction of sp³-hybridized carbons (Fsp3) is 0.480. The second-order valence-electron chi connectivity index (χ2n) is 8.81. The zero-order valence-electron chi connectivity index (χ0n) is 18.8. The summed E-state index contributed by atoms with van der Waals surface area (Å²) in [6, 6.07) is 16.5. The van der Waals surface area contributed by atoms with Gasteiger partial charge in [0, 0.05) is 31.1 Å². The van der Waals surface area contributed by atoms with Gasteiger partial charge in [-0.2, -0.15) is 10.5 Å². The number of piperazine rings is 1. The Morgan fingerprint density at radius 3 is 2.50 bits per heavy atom. The van der Waals surface area contributed by atoms with E-state index in [0.29, 0.717) is 4.88 Å². The smallest absolute Gasteiger partial charge is 0.209 e. The van der Waals surface area contributed by atoms with E-state index in [1.807, 2.05) is 36.4 Å². The van der Waals surface area contributed by atoms with Gasteiger partial charge in [-0.3, -0.25) is 4.90 Å². The second kappa shape index (κ2) is 9.83. The number of fused-ring (bicyclic) bond motifs is 1. The minimum Gasteiger partial charge on any atom is -0.439 e. The molecule has 1 aliphatic rings. The van der Waals surface area contributed by atoms with Gasteiger partial charge < -0.3 is 9.32 Å². The van der Waals surface area contributed by atoms with Crippen LogP contribution in [-0.2, 0) is 12.0 Å². The largest absolute Gasteiger partial charge is 0.439 e. The minimum atomic E-state index is -0.519. The first-order valence-corrected chi connectivity index (χ1v) is 12.1. The number of hydrogen-bond donors (Lipinski definition) is 0. The maximum Gasteiger partial charge on any atom is 0.209 e. The highest BCUT2D eigenvalue weighted by Gasteiger charge is 2.37. The summed E-state index contributed by atoms with van der Waals surface area (Å²) in [5, 5.41) is 19.3. The summed E-state index contributed by atoms with van der Waals surface area (Å²) < 4.78 is 5.87. The molecule has 4 rings (SSSR count). The number of benzene rings is 1. The van der Waals surface area contributed by atoms with Crippen molar-refractivity contribution in [2.45, 2.75) is 38.6 Å². The molecule has 32 heavy (non-hydrogen) atoms. The third-order valence-electron chi connectivity index (χ3n) is 6.55. The van der Waals surface area contributed by atoms with Gasteiger partial charge in [0.25, 0.3) is 0 Å². The Kier molecular flexibility index (Phi) is 6.91. The molecule has 1 fully saturated rings. The minimum absolute atomic E-state index is 0.200. The van der Waals surface area contributed by atoms with Crippen LogP contribution < -0.4 is 0 Å². The average molecular weight is 448 g/mol. The monoisotopic (exact) mass is 447 g/mol. The van der Waals surface area contributed by atoms with Gasteiger partial charge in [0.15, 0.2) is 5.58 Å². The van der Waals surface area contributed by atoms with Crippen LogP contribution in [0.15, 0.2) is 40.8 Å². The molecule has 0 spiro atoms. The van der Waals surface area contributed by atoms with Crippen LogP contribution in [0.2, 0.25) is 0 Å². The molecule has 6 nitrogen and oxygen atoms in total. The van der Waals surface area contributed by atoms with Gasteiger partial charge in [0.1, 0.15) is 16.5 Å². The van der Waals surface area contributed by atoms with Gasteiger partial charge in [0.2, 0.25) is 5.89 Å². The molecule has 0 radical (unpaired) electrons. The maximum absolute atomic E-state index is 10.1. The topological polar surface area (TPSA) is 80.1 Å². The third-order valence-corrected chi connectivity index (χ3v) is 7.72. The first-order chi connectivity index (χ1) is 15.5. The van der Waals surface area contributed by atoms with E-state index >= 15 is 0 Å². The van der Waals surface area contributed by atoms with Crippen LogP contribution in [0.1, 0.15) is 42.3 Å². The van der Waals surface area contributed by atoms with Gasteiger partial charge in [-0.25, -0.2) is 4.98 Å². The predicted molar refractivity (Wildman–Crippen MR) is 126 cm³/mol. The van der Waals surface area contributed by atoms with Crippen LogP contribution in [-0.4, -0.2) is 47.5 Å². The number of nitrogens with zero attached hydrogens (tertiary/aromatic N) is 5. The maximum atomic E-state index is 10.1. The number of nitriles is 2. The highest BCUT2D eigenvalue weighted by atomic mass is 32.1. The van der Waals surface area contributed by atoms with Gasteiger partial charge in [-0.1, -0.05) is 26.0 Å². The SMILES string of the molecule is CC(C)C(C#N)(CCCN1CCN(Cc2nc3ccccc3o2)CC1)c1ccc(C#N)s1.